The predicted octanol–water partition coefficient (Wildman–Crippen LogP) is 1.13. The topological polar surface area (TPSA) is 137 Å². The van der Waals surface area contributed by atoms with Crippen molar-refractivity contribution in [2.45, 2.75) is 44.7 Å². The molecule has 2 aromatic rings. The maximum atomic E-state index is 14.1. The molecular formula is C23H26F3N6O3+. The monoisotopic (exact) mass is 491 g/mol. The van der Waals surface area contributed by atoms with Crippen LogP contribution in [0.3, 0.4) is 0 Å². The second-order valence-electron chi connectivity index (χ2n) is 8.79. The molecule has 186 valence electrons. The van der Waals surface area contributed by atoms with Gasteiger partial charge in [-0.1, -0.05) is 0 Å². The smallest absolute Gasteiger partial charge is 0.293 e. The standard InChI is InChI=1S/C23H25F3N6O3/c1-11-16(20(33)22(35)30-23(7-8-23)15(10-27)31(2)28)14-4-3-9-32(14)19(11)21(34)29-13-6-5-12(24)17(25)18(13)26/h5-6,10H,3-4,7-9,27-28H2,1-2H3,(H,29,34)(H,30,35)/p+1. The average Bonchev–Trinajstić information content (AvgIpc) is 3.30. The molecule has 0 atom stereocenters. The first kappa shape index (κ1) is 24.5. The van der Waals surface area contributed by atoms with E-state index in [1.54, 1.807) is 11.6 Å². The van der Waals surface area contributed by atoms with Crippen molar-refractivity contribution in [2.24, 2.45) is 5.84 Å². The molecule has 35 heavy (non-hydrogen) atoms. The molecule has 1 aliphatic carbocycles. The summed E-state index contributed by atoms with van der Waals surface area (Å²) in [7, 11) is 1.61. The molecule has 0 saturated heterocycles. The number of carbonyl (C=O) groups is 3. The number of benzene rings is 1. The number of fused-ring (bicyclic) bond motifs is 1. The quantitative estimate of drug-likeness (QED) is 0.151. The number of hydrazine groups is 1. The van der Waals surface area contributed by atoms with Crippen LogP contribution in [0.2, 0.25) is 0 Å². The van der Waals surface area contributed by atoms with Crippen molar-refractivity contribution in [3.8, 4) is 0 Å². The second-order valence-corrected chi connectivity index (χ2v) is 8.79. The lowest BCUT2D eigenvalue weighted by Gasteiger charge is -2.24. The van der Waals surface area contributed by atoms with Gasteiger partial charge in [0.05, 0.1) is 16.8 Å². The summed E-state index contributed by atoms with van der Waals surface area (Å²) >= 11 is 0. The Morgan fingerprint density at radius 1 is 1.20 bits per heavy atom. The van der Waals surface area contributed by atoms with Crippen molar-refractivity contribution in [1.29, 1.82) is 0 Å². The summed E-state index contributed by atoms with van der Waals surface area (Å²) in [5.41, 5.74) is 3.90. The number of nitrogens with zero attached hydrogens (tertiary/aromatic N) is 2. The molecule has 1 aromatic heterocycles. The average molecular weight is 491 g/mol. The Hall–Kier alpha value is -3.64. The van der Waals surface area contributed by atoms with Gasteiger partial charge in [0.25, 0.3) is 17.6 Å². The fraction of sp³-hybridized carbons (Fsp3) is 0.348. The van der Waals surface area contributed by atoms with E-state index < -0.39 is 46.3 Å². The molecule has 2 heterocycles. The Balaban J connectivity index is 1.64. The van der Waals surface area contributed by atoms with Gasteiger partial charge in [-0.3, -0.25) is 14.4 Å². The SMILES string of the molecule is Cc1c(C(=O)C(=O)NC2(C(=C[NH3+])N(C)N)CC2)c2n(c1C(=O)Nc1ccc(F)c(F)c1F)CCC2. The number of halogens is 3. The van der Waals surface area contributed by atoms with E-state index in [4.69, 9.17) is 5.84 Å². The molecule has 9 nitrogen and oxygen atoms in total. The van der Waals surface area contributed by atoms with Gasteiger partial charge in [-0.2, -0.15) is 0 Å². The molecule has 1 aromatic carbocycles. The number of likely N-dealkylation sites (N-methyl/N-ethyl adjacent to an activating group) is 1. The summed E-state index contributed by atoms with van der Waals surface area (Å²) in [6, 6.07) is 1.61. The Morgan fingerprint density at radius 2 is 1.89 bits per heavy atom. The third-order valence-electron chi connectivity index (χ3n) is 6.51. The van der Waals surface area contributed by atoms with Crippen molar-refractivity contribution < 1.29 is 33.3 Å². The summed E-state index contributed by atoms with van der Waals surface area (Å²) < 4.78 is 42.6. The van der Waals surface area contributed by atoms with Crippen LogP contribution in [0.1, 0.15) is 51.4 Å². The molecule has 0 bridgehead atoms. The third-order valence-corrected chi connectivity index (χ3v) is 6.51. The first-order chi connectivity index (χ1) is 16.5. The van der Waals surface area contributed by atoms with Crippen LogP contribution in [-0.4, -0.2) is 39.8 Å². The van der Waals surface area contributed by atoms with E-state index in [0.717, 1.165) is 6.07 Å². The van der Waals surface area contributed by atoms with Gasteiger partial charge in [-0.05, 0) is 50.3 Å². The number of nitrogens with two attached hydrogens (primary N) is 1. The van der Waals surface area contributed by atoms with Crippen LogP contribution in [-0.2, 0) is 17.8 Å². The number of hydrogen-bond acceptors (Lipinski definition) is 5. The minimum Gasteiger partial charge on any atom is -0.340 e. The predicted molar refractivity (Wildman–Crippen MR) is 119 cm³/mol. The van der Waals surface area contributed by atoms with Gasteiger partial charge in [0.1, 0.15) is 17.6 Å². The third kappa shape index (κ3) is 4.08. The van der Waals surface area contributed by atoms with Crippen LogP contribution in [0.5, 0.6) is 0 Å². The molecule has 0 spiro atoms. The number of Topliss-reactive ketones (excluding diaryl/α,β-unsaturated/α-hetero) is 1. The van der Waals surface area contributed by atoms with E-state index in [1.807, 2.05) is 0 Å². The van der Waals surface area contributed by atoms with Gasteiger partial charge < -0.3 is 25.9 Å². The Morgan fingerprint density at radius 3 is 2.49 bits per heavy atom. The summed E-state index contributed by atoms with van der Waals surface area (Å²) in [4.78, 5) is 39.3. The van der Waals surface area contributed by atoms with Crippen molar-refractivity contribution >= 4 is 23.3 Å². The largest absolute Gasteiger partial charge is 0.340 e. The molecule has 0 radical (unpaired) electrons. The van der Waals surface area contributed by atoms with Gasteiger partial charge in [0.2, 0.25) is 0 Å². The molecule has 4 rings (SSSR count). The first-order valence-electron chi connectivity index (χ1n) is 11.0. The highest BCUT2D eigenvalue weighted by molar-refractivity contribution is 6.44. The number of rotatable bonds is 7. The van der Waals surface area contributed by atoms with Gasteiger partial charge in [-0.15, -0.1) is 0 Å². The molecule has 1 fully saturated rings. The van der Waals surface area contributed by atoms with Gasteiger partial charge in [-0.25, -0.2) is 19.0 Å². The number of hydrogen-bond donors (Lipinski definition) is 4. The Bertz CT molecular complexity index is 1280. The van der Waals surface area contributed by atoms with Crippen molar-refractivity contribution in [2.75, 3.05) is 12.4 Å². The molecule has 0 unspecified atom stereocenters. The van der Waals surface area contributed by atoms with E-state index in [2.05, 4.69) is 16.4 Å². The molecule has 1 aliphatic heterocycles. The maximum Gasteiger partial charge on any atom is 0.293 e. The van der Waals surface area contributed by atoms with Crippen LogP contribution >= 0.6 is 0 Å². The zero-order chi connectivity index (χ0) is 25.7. The van der Waals surface area contributed by atoms with Crippen LogP contribution in [0.15, 0.2) is 24.0 Å². The summed E-state index contributed by atoms with van der Waals surface area (Å²) in [6.45, 7) is 1.93. The van der Waals surface area contributed by atoms with E-state index in [9.17, 15) is 27.6 Å². The Labute approximate surface area is 198 Å². The molecule has 1 saturated carbocycles. The lowest BCUT2D eigenvalue weighted by atomic mass is 10.0. The minimum atomic E-state index is -1.71. The van der Waals surface area contributed by atoms with E-state index in [-0.39, 0.29) is 16.8 Å². The normalized spacial score (nSPS) is 16.0. The number of nitrogens with one attached hydrogen (secondary N) is 2. The lowest BCUT2D eigenvalue weighted by molar-refractivity contribution is -0.278. The molecular weight excluding hydrogens is 465 g/mol. The lowest BCUT2D eigenvalue weighted by Crippen LogP contribution is -2.51. The van der Waals surface area contributed by atoms with Gasteiger partial charge in [0, 0.05) is 19.3 Å². The fourth-order valence-corrected chi connectivity index (χ4v) is 4.75. The van der Waals surface area contributed by atoms with Crippen LogP contribution in [0.25, 0.3) is 0 Å². The molecule has 2 amide bonds. The summed E-state index contributed by atoms with van der Waals surface area (Å²) in [5, 5.41) is 6.34. The number of amides is 2. The molecule has 12 heteroatoms. The number of quaternary nitrogens is 1. The first-order valence-corrected chi connectivity index (χ1v) is 11.0. The van der Waals surface area contributed by atoms with Crippen LogP contribution < -0.4 is 22.2 Å². The van der Waals surface area contributed by atoms with Crippen LogP contribution in [0.4, 0.5) is 18.9 Å². The van der Waals surface area contributed by atoms with Crippen molar-refractivity contribution in [1.82, 2.24) is 14.9 Å². The van der Waals surface area contributed by atoms with E-state index in [1.165, 1.54) is 18.1 Å². The highest BCUT2D eigenvalue weighted by Crippen LogP contribution is 2.42. The van der Waals surface area contributed by atoms with Crippen molar-refractivity contribution in [3.05, 3.63) is 64.0 Å². The zero-order valence-corrected chi connectivity index (χ0v) is 19.3. The zero-order valence-electron chi connectivity index (χ0n) is 19.3. The number of carbonyl (C=O) groups excluding carboxylic acids is 3. The Kier molecular flexibility index (Phi) is 6.20. The second kappa shape index (κ2) is 8.86. The fourth-order valence-electron chi connectivity index (χ4n) is 4.75. The number of aromatic nitrogens is 1. The minimum absolute atomic E-state index is 0.0546. The highest BCUT2D eigenvalue weighted by atomic mass is 19.2. The van der Waals surface area contributed by atoms with Crippen molar-refractivity contribution in [3.63, 3.8) is 0 Å². The van der Waals surface area contributed by atoms with Crippen LogP contribution in [0, 0.1) is 24.4 Å². The van der Waals surface area contributed by atoms with E-state index >= 15 is 0 Å². The number of ketones is 1. The van der Waals surface area contributed by atoms with E-state index in [0.29, 0.717) is 49.7 Å². The highest BCUT2D eigenvalue weighted by Gasteiger charge is 2.50. The van der Waals surface area contributed by atoms with Gasteiger partial charge in [0.15, 0.2) is 17.5 Å². The molecule has 2 aliphatic rings. The maximum absolute atomic E-state index is 14.1. The summed E-state index contributed by atoms with van der Waals surface area (Å²) in [6.07, 6.45) is 3.81. The summed E-state index contributed by atoms with van der Waals surface area (Å²) in [5.74, 6) is -1.25. The number of anilines is 1. The molecule has 7 N–H and O–H groups in total. The van der Waals surface area contributed by atoms with Gasteiger partial charge >= 0.3 is 0 Å².